The summed E-state index contributed by atoms with van der Waals surface area (Å²) >= 11 is 1.34. The maximum atomic E-state index is 11.5. The van der Waals surface area contributed by atoms with Gasteiger partial charge in [0, 0.05) is 24.0 Å². The molecule has 18 heavy (non-hydrogen) atoms. The van der Waals surface area contributed by atoms with Crippen molar-refractivity contribution in [2.75, 3.05) is 19.7 Å². The van der Waals surface area contributed by atoms with E-state index in [9.17, 15) is 4.79 Å². The molecule has 1 fully saturated rings. The molecule has 1 aromatic rings. The van der Waals surface area contributed by atoms with E-state index in [0.717, 1.165) is 25.2 Å². The van der Waals surface area contributed by atoms with Gasteiger partial charge in [-0.25, -0.2) is 9.78 Å². The summed E-state index contributed by atoms with van der Waals surface area (Å²) < 4.78 is 4.92. The maximum absolute atomic E-state index is 11.5. The molecule has 1 saturated heterocycles. The van der Waals surface area contributed by atoms with Crippen LogP contribution in [0.5, 0.6) is 0 Å². The average Bonchev–Trinajstić information content (AvgIpc) is 2.96. The van der Waals surface area contributed by atoms with Gasteiger partial charge in [0.1, 0.15) is 0 Å². The summed E-state index contributed by atoms with van der Waals surface area (Å²) in [7, 11) is 0. The summed E-state index contributed by atoms with van der Waals surface area (Å²) in [6.07, 6.45) is 1.11. The summed E-state index contributed by atoms with van der Waals surface area (Å²) in [5.74, 6) is -0.331. The minimum Gasteiger partial charge on any atom is -0.461 e. The van der Waals surface area contributed by atoms with Gasteiger partial charge in [0.25, 0.3) is 0 Å². The monoisotopic (exact) mass is 269 g/mol. The smallest absolute Gasteiger partial charge is 0.367 e. The Morgan fingerprint density at radius 1 is 1.72 bits per heavy atom. The molecule has 0 bridgehead atoms. The Morgan fingerprint density at radius 3 is 3.22 bits per heavy atom. The first-order valence-electron chi connectivity index (χ1n) is 6.20. The summed E-state index contributed by atoms with van der Waals surface area (Å²) in [6, 6.07) is 0. The average molecular weight is 269 g/mol. The third-order valence-electron chi connectivity index (χ3n) is 3.07. The topological polar surface area (TPSA) is 63.2 Å². The van der Waals surface area contributed by atoms with Crippen molar-refractivity contribution in [3.05, 3.63) is 16.1 Å². The van der Waals surface area contributed by atoms with Crippen LogP contribution in [0.1, 0.15) is 35.8 Å². The standard InChI is InChI=1S/C12H19N3O2S/c1-3-17-11(16)10-15-9(7-18-10)6-14-12(2)4-5-13-8-12/h7,13-14H,3-6,8H2,1-2H3. The molecule has 2 heterocycles. The van der Waals surface area contributed by atoms with Crippen LogP contribution in [0, 0.1) is 0 Å². The number of carbonyl (C=O) groups excluding carboxylic acids is 1. The molecule has 1 aliphatic rings. The predicted molar refractivity (Wildman–Crippen MR) is 70.8 cm³/mol. The quantitative estimate of drug-likeness (QED) is 0.785. The molecular formula is C12H19N3O2S. The molecule has 0 spiro atoms. The highest BCUT2D eigenvalue weighted by Gasteiger charge is 2.27. The van der Waals surface area contributed by atoms with Gasteiger partial charge in [0.2, 0.25) is 5.01 Å². The molecule has 0 aliphatic carbocycles. The molecule has 1 unspecified atom stereocenters. The molecule has 0 saturated carbocycles. The van der Waals surface area contributed by atoms with E-state index < -0.39 is 0 Å². The largest absolute Gasteiger partial charge is 0.461 e. The first-order chi connectivity index (χ1) is 8.63. The van der Waals surface area contributed by atoms with Crippen molar-refractivity contribution in [1.82, 2.24) is 15.6 Å². The zero-order chi connectivity index (χ0) is 13.0. The summed E-state index contributed by atoms with van der Waals surface area (Å²) in [5.41, 5.74) is 1.03. The van der Waals surface area contributed by atoms with E-state index in [1.807, 2.05) is 5.38 Å². The fourth-order valence-electron chi connectivity index (χ4n) is 1.95. The summed E-state index contributed by atoms with van der Waals surface area (Å²) in [5, 5.41) is 9.16. The van der Waals surface area contributed by atoms with Crippen molar-refractivity contribution in [1.29, 1.82) is 0 Å². The minimum absolute atomic E-state index is 0.133. The van der Waals surface area contributed by atoms with Crippen LogP contribution in [0.25, 0.3) is 0 Å². The lowest BCUT2D eigenvalue weighted by Gasteiger charge is -2.23. The Kier molecular flexibility index (Phi) is 4.31. The van der Waals surface area contributed by atoms with Crippen molar-refractivity contribution < 1.29 is 9.53 Å². The number of thiazole rings is 1. The number of aromatic nitrogens is 1. The summed E-state index contributed by atoms with van der Waals surface area (Å²) in [4.78, 5) is 15.8. The molecule has 1 atom stereocenters. The molecular weight excluding hydrogens is 250 g/mol. The predicted octanol–water partition coefficient (Wildman–Crippen LogP) is 1.16. The minimum atomic E-state index is -0.331. The van der Waals surface area contributed by atoms with Gasteiger partial charge in [-0.05, 0) is 26.8 Å². The Morgan fingerprint density at radius 2 is 2.56 bits per heavy atom. The van der Waals surface area contributed by atoms with Gasteiger partial charge in [-0.3, -0.25) is 0 Å². The Balaban J connectivity index is 1.88. The third-order valence-corrected chi connectivity index (χ3v) is 3.94. The van der Waals surface area contributed by atoms with E-state index in [4.69, 9.17) is 4.74 Å². The number of nitrogens with zero attached hydrogens (tertiary/aromatic N) is 1. The number of carbonyl (C=O) groups is 1. The molecule has 5 nitrogen and oxygen atoms in total. The van der Waals surface area contributed by atoms with Gasteiger partial charge in [0.05, 0.1) is 12.3 Å². The van der Waals surface area contributed by atoms with E-state index in [2.05, 4.69) is 22.5 Å². The summed E-state index contributed by atoms with van der Waals surface area (Å²) in [6.45, 7) is 7.09. The van der Waals surface area contributed by atoms with E-state index in [-0.39, 0.29) is 11.5 Å². The highest BCUT2D eigenvalue weighted by molar-refractivity contribution is 7.11. The van der Waals surface area contributed by atoms with E-state index in [1.54, 1.807) is 6.92 Å². The molecule has 0 radical (unpaired) electrons. The van der Waals surface area contributed by atoms with E-state index >= 15 is 0 Å². The fraction of sp³-hybridized carbons (Fsp3) is 0.667. The van der Waals surface area contributed by atoms with Crippen LogP contribution in [-0.4, -0.2) is 36.2 Å². The molecule has 6 heteroatoms. The van der Waals surface area contributed by atoms with Crippen LogP contribution in [0.15, 0.2) is 5.38 Å². The van der Waals surface area contributed by atoms with Gasteiger partial charge in [-0.2, -0.15) is 0 Å². The molecule has 0 amide bonds. The Labute approximate surface area is 111 Å². The van der Waals surface area contributed by atoms with Crippen LogP contribution in [0.2, 0.25) is 0 Å². The zero-order valence-corrected chi connectivity index (χ0v) is 11.6. The van der Waals surface area contributed by atoms with Gasteiger partial charge in [-0.15, -0.1) is 11.3 Å². The van der Waals surface area contributed by atoms with Gasteiger partial charge in [-0.1, -0.05) is 0 Å². The maximum Gasteiger partial charge on any atom is 0.367 e. The second-order valence-corrected chi connectivity index (χ2v) is 5.56. The van der Waals surface area contributed by atoms with Crippen LogP contribution in [0.4, 0.5) is 0 Å². The lowest BCUT2D eigenvalue weighted by atomic mass is 10.0. The SMILES string of the molecule is CCOC(=O)c1nc(CNC2(C)CCNC2)cs1. The molecule has 1 aromatic heterocycles. The van der Waals surface area contributed by atoms with Crippen molar-refractivity contribution in [3.63, 3.8) is 0 Å². The lowest BCUT2D eigenvalue weighted by molar-refractivity contribution is 0.0525. The first kappa shape index (κ1) is 13.5. The van der Waals surface area contributed by atoms with Crippen LogP contribution in [-0.2, 0) is 11.3 Å². The number of esters is 1. The first-order valence-corrected chi connectivity index (χ1v) is 7.08. The molecule has 1 aliphatic heterocycles. The molecule has 2 rings (SSSR count). The number of hydrogen-bond donors (Lipinski definition) is 2. The van der Waals surface area contributed by atoms with Crippen molar-refractivity contribution in [2.24, 2.45) is 0 Å². The second-order valence-electron chi connectivity index (χ2n) is 4.71. The van der Waals surface area contributed by atoms with E-state index in [1.165, 1.54) is 11.3 Å². The van der Waals surface area contributed by atoms with Crippen LogP contribution in [0.3, 0.4) is 0 Å². The third kappa shape index (κ3) is 3.28. The number of ether oxygens (including phenoxy) is 1. The van der Waals surface area contributed by atoms with Crippen molar-refractivity contribution >= 4 is 17.3 Å². The van der Waals surface area contributed by atoms with Crippen molar-refractivity contribution in [3.8, 4) is 0 Å². The molecule has 100 valence electrons. The highest BCUT2D eigenvalue weighted by Crippen LogP contribution is 2.16. The number of nitrogens with one attached hydrogen (secondary N) is 2. The fourth-order valence-corrected chi connectivity index (χ4v) is 2.66. The lowest BCUT2D eigenvalue weighted by Crippen LogP contribution is -2.43. The van der Waals surface area contributed by atoms with Crippen LogP contribution < -0.4 is 10.6 Å². The number of hydrogen-bond acceptors (Lipinski definition) is 6. The Bertz CT molecular complexity index is 413. The highest BCUT2D eigenvalue weighted by atomic mass is 32.1. The van der Waals surface area contributed by atoms with Gasteiger partial charge in [0.15, 0.2) is 0 Å². The Hall–Kier alpha value is -0.980. The van der Waals surface area contributed by atoms with Crippen LogP contribution >= 0.6 is 11.3 Å². The zero-order valence-electron chi connectivity index (χ0n) is 10.8. The second kappa shape index (κ2) is 5.77. The van der Waals surface area contributed by atoms with Crippen molar-refractivity contribution in [2.45, 2.75) is 32.4 Å². The van der Waals surface area contributed by atoms with Gasteiger partial charge < -0.3 is 15.4 Å². The normalized spacial score (nSPS) is 23.2. The molecule has 0 aromatic carbocycles. The van der Waals surface area contributed by atoms with E-state index in [0.29, 0.717) is 18.2 Å². The number of rotatable bonds is 5. The van der Waals surface area contributed by atoms with Gasteiger partial charge >= 0.3 is 5.97 Å². The molecule has 2 N–H and O–H groups in total.